The van der Waals surface area contributed by atoms with Crippen molar-refractivity contribution in [2.75, 3.05) is 32.0 Å². The van der Waals surface area contributed by atoms with Gasteiger partial charge in [0.25, 0.3) is 0 Å². The molecule has 0 aromatic heterocycles. The molecule has 0 aliphatic carbocycles. The molecule has 1 aromatic carbocycles. The molecule has 2 rings (SSSR count). The lowest BCUT2D eigenvalue weighted by Crippen LogP contribution is -2.32. The Hall–Kier alpha value is -0.750. The Morgan fingerprint density at radius 1 is 1.30 bits per heavy atom. The highest BCUT2D eigenvalue weighted by molar-refractivity contribution is 9.10. The van der Waals surface area contributed by atoms with Crippen molar-refractivity contribution in [3.63, 3.8) is 0 Å². The van der Waals surface area contributed by atoms with Gasteiger partial charge in [0.15, 0.2) is 0 Å². The molecular weight excluding hydrogens is 333 g/mol. The average molecular weight is 351 g/mol. The summed E-state index contributed by atoms with van der Waals surface area (Å²) < 4.78 is 38.5. The van der Waals surface area contributed by atoms with E-state index >= 15 is 0 Å². The van der Waals surface area contributed by atoms with E-state index in [0.717, 1.165) is 32.5 Å². The minimum atomic E-state index is -4.33. The van der Waals surface area contributed by atoms with Gasteiger partial charge in [-0.05, 0) is 57.1 Å². The zero-order valence-electron chi connectivity index (χ0n) is 11.3. The maximum Gasteiger partial charge on any atom is 0.417 e. The predicted molar refractivity (Wildman–Crippen MR) is 77.9 cm³/mol. The summed E-state index contributed by atoms with van der Waals surface area (Å²) in [6.45, 7) is 2.84. The number of halogens is 4. The van der Waals surface area contributed by atoms with E-state index in [0.29, 0.717) is 11.6 Å². The summed E-state index contributed by atoms with van der Waals surface area (Å²) in [6, 6.07) is 4.28. The van der Waals surface area contributed by atoms with Gasteiger partial charge in [0, 0.05) is 16.7 Å². The second-order valence-electron chi connectivity index (χ2n) is 5.32. The molecule has 20 heavy (non-hydrogen) atoms. The summed E-state index contributed by atoms with van der Waals surface area (Å²) in [5, 5.41) is 3.13. The summed E-state index contributed by atoms with van der Waals surface area (Å²) in [5.74, 6) is 0.532. The van der Waals surface area contributed by atoms with Gasteiger partial charge in [0.1, 0.15) is 0 Å². The minimum absolute atomic E-state index is 0.0786. The zero-order valence-corrected chi connectivity index (χ0v) is 12.9. The molecule has 1 aromatic rings. The third-order valence-electron chi connectivity index (χ3n) is 3.70. The molecule has 0 radical (unpaired) electrons. The van der Waals surface area contributed by atoms with Gasteiger partial charge in [-0.15, -0.1) is 0 Å². The van der Waals surface area contributed by atoms with Crippen LogP contribution in [0.25, 0.3) is 0 Å². The number of piperidine rings is 1. The van der Waals surface area contributed by atoms with E-state index in [4.69, 9.17) is 0 Å². The van der Waals surface area contributed by atoms with Gasteiger partial charge in [-0.3, -0.25) is 0 Å². The molecule has 1 heterocycles. The van der Waals surface area contributed by atoms with Crippen LogP contribution in [-0.2, 0) is 6.18 Å². The van der Waals surface area contributed by atoms with Crippen LogP contribution in [0.15, 0.2) is 22.7 Å². The van der Waals surface area contributed by atoms with Gasteiger partial charge in [-0.2, -0.15) is 13.2 Å². The minimum Gasteiger partial charge on any atom is -0.385 e. The fraction of sp³-hybridized carbons (Fsp3) is 0.571. The molecule has 1 aliphatic heterocycles. The van der Waals surface area contributed by atoms with Crippen LogP contribution in [0, 0.1) is 5.92 Å². The van der Waals surface area contributed by atoms with Crippen LogP contribution in [0.5, 0.6) is 0 Å². The highest BCUT2D eigenvalue weighted by Crippen LogP contribution is 2.36. The normalized spacial score (nSPS) is 18.2. The molecule has 0 bridgehead atoms. The van der Waals surface area contributed by atoms with Crippen molar-refractivity contribution in [2.45, 2.75) is 19.0 Å². The summed E-state index contributed by atoms with van der Waals surface area (Å²) in [7, 11) is 2.09. The van der Waals surface area contributed by atoms with E-state index in [1.54, 1.807) is 6.07 Å². The van der Waals surface area contributed by atoms with Crippen molar-refractivity contribution in [3.8, 4) is 0 Å². The predicted octanol–water partition coefficient (Wildman–Crippen LogP) is 4.22. The number of likely N-dealkylation sites (tertiary alicyclic amines) is 1. The Bertz CT molecular complexity index is 454. The highest BCUT2D eigenvalue weighted by atomic mass is 79.9. The van der Waals surface area contributed by atoms with Crippen molar-refractivity contribution in [3.05, 3.63) is 28.2 Å². The molecule has 1 fully saturated rings. The average Bonchev–Trinajstić information content (AvgIpc) is 2.38. The molecule has 1 saturated heterocycles. The molecule has 0 spiro atoms. The lowest BCUT2D eigenvalue weighted by Gasteiger charge is -2.29. The lowest BCUT2D eigenvalue weighted by atomic mass is 9.97. The zero-order chi connectivity index (χ0) is 14.8. The van der Waals surface area contributed by atoms with E-state index in [9.17, 15) is 13.2 Å². The molecule has 112 valence electrons. The Labute approximate surface area is 125 Å². The number of anilines is 1. The van der Waals surface area contributed by atoms with Crippen molar-refractivity contribution < 1.29 is 13.2 Å². The van der Waals surface area contributed by atoms with Gasteiger partial charge >= 0.3 is 6.18 Å². The van der Waals surface area contributed by atoms with Crippen LogP contribution in [0.2, 0.25) is 0 Å². The van der Waals surface area contributed by atoms with Gasteiger partial charge < -0.3 is 10.2 Å². The topological polar surface area (TPSA) is 15.3 Å². The SMILES string of the molecule is CN1CCC(CNc2ccc(Br)c(C(F)(F)F)c2)CC1. The van der Waals surface area contributed by atoms with Gasteiger partial charge in [0.05, 0.1) is 5.56 Å². The van der Waals surface area contributed by atoms with Gasteiger partial charge in [-0.1, -0.05) is 15.9 Å². The molecule has 6 heteroatoms. The maximum absolute atomic E-state index is 12.8. The van der Waals surface area contributed by atoms with Crippen LogP contribution < -0.4 is 5.32 Å². The molecule has 1 aliphatic rings. The molecule has 0 saturated carbocycles. The highest BCUT2D eigenvalue weighted by Gasteiger charge is 2.33. The molecule has 0 unspecified atom stereocenters. The van der Waals surface area contributed by atoms with E-state index < -0.39 is 11.7 Å². The number of nitrogens with zero attached hydrogens (tertiary/aromatic N) is 1. The number of hydrogen-bond donors (Lipinski definition) is 1. The second-order valence-corrected chi connectivity index (χ2v) is 6.17. The van der Waals surface area contributed by atoms with Gasteiger partial charge in [0.2, 0.25) is 0 Å². The largest absolute Gasteiger partial charge is 0.417 e. The molecular formula is C14H18BrF3N2. The first-order valence-electron chi connectivity index (χ1n) is 6.65. The molecule has 2 nitrogen and oxygen atoms in total. The Balaban J connectivity index is 1.96. The summed E-state index contributed by atoms with van der Waals surface area (Å²) in [4.78, 5) is 2.28. The van der Waals surface area contributed by atoms with E-state index in [1.807, 2.05) is 0 Å². The number of benzene rings is 1. The fourth-order valence-electron chi connectivity index (χ4n) is 2.38. The summed E-state index contributed by atoms with van der Waals surface area (Å²) >= 11 is 2.95. The lowest BCUT2D eigenvalue weighted by molar-refractivity contribution is -0.138. The van der Waals surface area contributed by atoms with Crippen LogP contribution >= 0.6 is 15.9 Å². The second kappa shape index (κ2) is 6.35. The summed E-state index contributed by atoms with van der Waals surface area (Å²) in [6.07, 6.45) is -2.15. The third-order valence-corrected chi connectivity index (χ3v) is 4.40. The number of hydrogen-bond acceptors (Lipinski definition) is 2. The number of rotatable bonds is 3. The third kappa shape index (κ3) is 4.12. The molecule has 1 N–H and O–H groups in total. The van der Waals surface area contributed by atoms with E-state index in [-0.39, 0.29) is 4.47 Å². The Morgan fingerprint density at radius 3 is 2.55 bits per heavy atom. The van der Waals surface area contributed by atoms with Crippen molar-refractivity contribution in [2.24, 2.45) is 5.92 Å². The molecule has 0 atom stereocenters. The number of nitrogens with one attached hydrogen (secondary N) is 1. The first-order valence-corrected chi connectivity index (χ1v) is 7.44. The van der Waals surface area contributed by atoms with Crippen LogP contribution in [0.4, 0.5) is 18.9 Å². The Kier molecular flexibility index (Phi) is 4.96. The monoisotopic (exact) mass is 350 g/mol. The van der Waals surface area contributed by atoms with Gasteiger partial charge in [-0.25, -0.2) is 0 Å². The first-order chi connectivity index (χ1) is 9.36. The fourth-order valence-corrected chi connectivity index (χ4v) is 2.85. The maximum atomic E-state index is 12.8. The van der Waals surface area contributed by atoms with Crippen molar-refractivity contribution >= 4 is 21.6 Å². The number of alkyl halides is 3. The van der Waals surface area contributed by atoms with Crippen LogP contribution in [0.1, 0.15) is 18.4 Å². The van der Waals surface area contributed by atoms with Crippen LogP contribution in [-0.4, -0.2) is 31.6 Å². The standard InChI is InChI=1S/C14H18BrF3N2/c1-20-6-4-10(5-7-20)9-19-11-2-3-13(15)12(8-11)14(16,17)18/h2-3,8,10,19H,4-7,9H2,1H3. The summed E-state index contributed by atoms with van der Waals surface area (Å²) in [5.41, 5.74) is -0.106. The first kappa shape index (κ1) is 15.6. The van der Waals surface area contributed by atoms with E-state index in [1.165, 1.54) is 12.1 Å². The Morgan fingerprint density at radius 2 is 1.95 bits per heavy atom. The van der Waals surface area contributed by atoms with Crippen molar-refractivity contribution in [1.29, 1.82) is 0 Å². The molecule has 0 amide bonds. The quantitative estimate of drug-likeness (QED) is 0.877. The van der Waals surface area contributed by atoms with Crippen LogP contribution in [0.3, 0.4) is 0 Å². The van der Waals surface area contributed by atoms with E-state index in [2.05, 4.69) is 33.2 Å². The smallest absolute Gasteiger partial charge is 0.385 e. The van der Waals surface area contributed by atoms with Crippen molar-refractivity contribution in [1.82, 2.24) is 4.90 Å².